The molecule has 96 valence electrons. The van der Waals surface area contributed by atoms with E-state index in [0.717, 1.165) is 5.54 Å². The van der Waals surface area contributed by atoms with Crippen LogP contribution in [0.4, 0.5) is 0 Å². The molecule has 0 radical (unpaired) electrons. The molecular weight excluding hydrogens is 263 g/mol. The maximum Gasteiger partial charge on any atom is 0.348 e. The van der Waals surface area contributed by atoms with Crippen LogP contribution in [-0.4, -0.2) is 57.9 Å². The fourth-order valence-corrected chi connectivity index (χ4v) is 0.440. The van der Waals surface area contributed by atoms with Gasteiger partial charge in [-0.3, -0.25) is 0 Å². The molecular formula is C8H14Cl2O6. The lowest BCUT2D eigenvalue weighted by atomic mass is 9.93. The highest BCUT2D eigenvalue weighted by Crippen LogP contribution is 2.11. The van der Waals surface area contributed by atoms with Gasteiger partial charge in [0.1, 0.15) is 5.03 Å². The number of halogens is 2. The van der Waals surface area contributed by atoms with Crippen LogP contribution in [0.15, 0.2) is 10.6 Å². The van der Waals surface area contributed by atoms with Crippen LogP contribution in [0.1, 0.15) is 0 Å². The molecule has 8 heteroatoms. The first-order valence-electron chi connectivity index (χ1n) is 4.05. The Morgan fingerprint density at radius 2 is 1.38 bits per heavy atom. The van der Waals surface area contributed by atoms with E-state index in [0.29, 0.717) is 0 Å². The van der Waals surface area contributed by atoms with E-state index in [-0.39, 0.29) is 5.03 Å². The minimum absolute atomic E-state index is 0.373. The smallest absolute Gasteiger partial charge is 0.348 e. The van der Waals surface area contributed by atoms with Crippen molar-refractivity contribution >= 4 is 29.2 Å². The van der Waals surface area contributed by atoms with Gasteiger partial charge in [-0.05, 0) is 0 Å². The van der Waals surface area contributed by atoms with Gasteiger partial charge in [-0.15, -0.1) is 0 Å². The molecule has 0 fully saturated rings. The summed E-state index contributed by atoms with van der Waals surface area (Å²) in [5.41, 5.74) is -0.316. The van der Waals surface area contributed by atoms with Crippen molar-refractivity contribution in [2.45, 2.75) is 0 Å². The highest BCUT2D eigenvalue weighted by atomic mass is 35.5. The second kappa shape index (κ2) is 9.83. The van der Waals surface area contributed by atoms with E-state index in [2.05, 4.69) is 0 Å². The normalized spacial score (nSPS) is 11.8. The molecule has 6 nitrogen and oxygen atoms in total. The quantitative estimate of drug-likeness (QED) is 0.425. The van der Waals surface area contributed by atoms with Crippen LogP contribution in [0.3, 0.4) is 0 Å². The van der Waals surface area contributed by atoms with Crippen molar-refractivity contribution in [2.24, 2.45) is 5.41 Å². The van der Waals surface area contributed by atoms with Gasteiger partial charge in [0.2, 0.25) is 0 Å². The summed E-state index contributed by atoms with van der Waals surface area (Å²) in [7, 11) is 0. The number of aliphatic carboxylic acids is 1. The van der Waals surface area contributed by atoms with Crippen LogP contribution in [-0.2, 0) is 4.79 Å². The third-order valence-corrected chi connectivity index (χ3v) is 2.24. The highest BCUT2D eigenvalue weighted by Gasteiger charge is 2.26. The summed E-state index contributed by atoms with van der Waals surface area (Å²) in [4.78, 5) is 9.65. The summed E-state index contributed by atoms with van der Waals surface area (Å²) in [6.45, 7) is -1.62. The van der Waals surface area contributed by atoms with E-state index in [1.807, 2.05) is 0 Å². The van der Waals surface area contributed by atoms with Gasteiger partial charge in [-0.1, -0.05) is 23.2 Å². The Bertz CT molecular complexity index is 209. The lowest BCUT2D eigenvalue weighted by molar-refractivity contribution is -0.131. The molecule has 0 heterocycles. The molecule has 0 spiro atoms. The average Bonchev–Trinajstić information content (AvgIpc) is 2.32. The van der Waals surface area contributed by atoms with Gasteiger partial charge < -0.3 is 25.5 Å². The van der Waals surface area contributed by atoms with Crippen LogP contribution in [0.25, 0.3) is 0 Å². The Kier molecular flexibility index (Phi) is 11.1. The van der Waals surface area contributed by atoms with E-state index in [1.165, 1.54) is 0 Å². The molecule has 0 unspecified atom stereocenters. The molecule has 16 heavy (non-hydrogen) atoms. The van der Waals surface area contributed by atoms with Gasteiger partial charge in [-0.2, -0.15) is 0 Å². The zero-order valence-corrected chi connectivity index (χ0v) is 9.82. The molecule has 0 saturated heterocycles. The molecule has 0 aliphatic rings. The Morgan fingerprint density at radius 1 is 1.06 bits per heavy atom. The van der Waals surface area contributed by atoms with Gasteiger partial charge >= 0.3 is 5.97 Å². The maximum atomic E-state index is 9.65. The van der Waals surface area contributed by atoms with Crippen molar-refractivity contribution in [3.63, 3.8) is 0 Å². The van der Waals surface area contributed by atoms with Gasteiger partial charge in [-0.25, -0.2) is 4.79 Å². The van der Waals surface area contributed by atoms with Crippen LogP contribution in [0, 0.1) is 5.41 Å². The largest absolute Gasteiger partial charge is 0.477 e. The maximum absolute atomic E-state index is 9.65. The molecule has 0 aliphatic carbocycles. The first-order valence-corrected chi connectivity index (χ1v) is 4.87. The van der Waals surface area contributed by atoms with E-state index in [1.54, 1.807) is 0 Å². The zero-order chi connectivity index (χ0) is 13.2. The van der Waals surface area contributed by atoms with Crippen molar-refractivity contribution in [1.29, 1.82) is 0 Å². The fourth-order valence-electron chi connectivity index (χ4n) is 0.347. The van der Waals surface area contributed by atoms with E-state index in [9.17, 15) is 4.79 Å². The highest BCUT2D eigenvalue weighted by molar-refractivity contribution is 6.45. The van der Waals surface area contributed by atoms with Crippen molar-refractivity contribution in [3.8, 4) is 0 Å². The number of rotatable bonds is 5. The third-order valence-electron chi connectivity index (χ3n) is 1.64. The van der Waals surface area contributed by atoms with Crippen molar-refractivity contribution in [3.05, 3.63) is 10.6 Å². The van der Waals surface area contributed by atoms with Crippen molar-refractivity contribution in [2.75, 3.05) is 26.4 Å². The third kappa shape index (κ3) is 7.00. The van der Waals surface area contributed by atoms with E-state index in [4.69, 9.17) is 48.7 Å². The summed E-state index contributed by atoms with van der Waals surface area (Å²) < 4.78 is 0. The van der Waals surface area contributed by atoms with Crippen molar-refractivity contribution in [1.82, 2.24) is 0 Å². The molecule has 0 rings (SSSR count). The summed E-state index contributed by atoms with van der Waals surface area (Å²) in [6.07, 6.45) is 0. The number of aliphatic hydroxyl groups excluding tert-OH is 4. The van der Waals surface area contributed by atoms with E-state index < -0.39 is 37.8 Å². The number of hydrogen-bond donors (Lipinski definition) is 5. The SMILES string of the molecule is O=C(O)C(Cl)=CCl.OCC(CO)(CO)CO. The minimum Gasteiger partial charge on any atom is -0.477 e. The monoisotopic (exact) mass is 276 g/mol. The van der Waals surface area contributed by atoms with Gasteiger partial charge in [0, 0.05) is 5.54 Å². The lowest BCUT2D eigenvalue weighted by Gasteiger charge is -2.23. The average molecular weight is 277 g/mol. The molecule has 0 aromatic rings. The minimum atomic E-state index is -1.21. The summed E-state index contributed by atoms with van der Waals surface area (Å²) in [5, 5.41) is 41.5. The summed E-state index contributed by atoms with van der Waals surface area (Å²) in [6, 6.07) is 0. The lowest BCUT2D eigenvalue weighted by Crippen LogP contribution is -2.37. The molecule has 0 aliphatic heterocycles. The van der Waals surface area contributed by atoms with Crippen LogP contribution >= 0.6 is 23.2 Å². The Morgan fingerprint density at radius 3 is 1.38 bits per heavy atom. The topological polar surface area (TPSA) is 118 Å². The summed E-state index contributed by atoms with van der Waals surface area (Å²) >= 11 is 9.80. The van der Waals surface area contributed by atoms with Crippen LogP contribution in [0.2, 0.25) is 0 Å². The Labute approximate surface area is 102 Å². The fraction of sp³-hybridized carbons (Fsp3) is 0.625. The van der Waals surface area contributed by atoms with Crippen LogP contribution in [0.5, 0.6) is 0 Å². The van der Waals surface area contributed by atoms with Gasteiger partial charge in [0.15, 0.2) is 0 Å². The molecule has 0 aromatic carbocycles. The number of hydrogen-bond acceptors (Lipinski definition) is 5. The predicted molar refractivity (Wildman–Crippen MR) is 58.2 cm³/mol. The first-order chi connectivity index (χ1) is 7.42. The van der Waals surface area contributed by atoms with Gasteiger partial charge in [0.05, 0.1) is 31.8 Å². The molecule has 0 amide bonds. The molecule has 0 aromatic heterocycles. The number of carbonyl (C=O) groups is 1. The zero-order valence-electron chi connectivity index (χ0n) is 8.31. The number of carboxylic acid groups (broad SMARTS) is 1. The Balaban J connectivity index is 0. The van der Waals surface area contributed by atoms with Crippen molar-refractivity contribution < 1.29 is 30.3 Å². The predicted octanol–water partition coefficient (Wildman–Crippen LogP) is -0.668. The number of carboxylic acids is 1. The first kappa shape index (κ1) is 18.0. The van der Waals surface area contributed by atoms with Crippen LogP contribution < -0.4 is 0 Å². The second-order valence-corrected chi connectivity index (χ2v) is 3.52. The molecule has 5 N–H and O–H groups in total. The second-order valence-electron chi connectivity index (χ2n) is 2.89. The van der Waals surface area contributed by atoms with Gasteiger partial charge in [0.25, 0.3) is 0 Å². The molecule has 0 atom stereocenters. The Hall–Kier alpha value is -0.370. The standard InChI is InChI=1S/C5H12O4.C3H2Cl2O2/c6-1-5(2-7,3-8)4-9;4-1-2(5)3(6)7/h6-9H,1-4H2;1H,(H,6,7). The number of aliphatic hydroxyl groups is 4. The molecule has 0 saturated carbocycles. The summed E-state index contributed by atoms with van der Waals surface area (Å²) in [5.74, 6) is -1.21. The van der Waals surface area contributed by atoms with E-state index >= 15 is 0 Å². The molecule has 0 bridgehead atoms.